The third kappa shape index (κ3) is 2.48. The van der Waals surface area contributed by atoms with Gasteiger partial charge in [0, 0.05) is 31.4 Å². The van der Waals surface area contributed by atoms with Crippen LogP contribution < -0.4 is 10.9 Å². The monoisotopic (exact) mass is 215 g/mol. The molecule has 4 nitrogen and oxygen atoms in total. The van der Waals surface area contributed by atoms with Crippen molar-refractivity contribution in [2.45, 2.75) is 19.4 Å². The normalized spacial score (nSPS) is 12.5. The van der Waals surface area contributed by atoms with Crippen LogP contribution in [0.3, 0.4) is 0 Å². The summed E-state index contributed by atoms with van der Waals surface area (Å²) < 4.78 is 1.48. The second-order valence-electron chi connectivity index (χ2n) is 3.10. The van der Waals surface area contributed by atoms with Gasteiger partial charge < -0.3 is 9.88 Å². The number of nitrogens with one attached hydrogen (secondary N) is 1. The SMILES string of the molecule is CCC(CCl)Nc1nccn(C)c1=O. The van der Waals surface area contributed by atoms with Crippen molar-refractivity contribution in [1.29, 1.82) is 0 Å². The molecule has 0 spiro atoms. The van der Waals surface area contributed by atoms with Gasteiger partial charge in [-0.3, -0.25) is 4.79 Å². The van der Waals surface area contributed by atoms with Crippen LogP contribution in [0.5, 0.6) is 0 Å². The first-order valence-electron chi connectivity index (χ1n) is 4.53. The Morgan fingerprint density at radius 2 is 2.43 bits per heavy atom. The fourth-order valence-corrected chi connectivity index (χ4v) is 1.34. The second-order valence-corrected chi connectivity index (χ2v) is 3.40. The molecule has 0 saturated carbocycles. The molecule has 0 aliphatic heterocycles. The maximum Gasteiger partial charge on any atom is 0.293 e. The van der Waals surface area contributed by atoms with Crippen LogP contribution in [0, 0.1) is 0 Å². The smallest absolute Gasteiger partial charge is 0.293 e. The van der Waals surface area contributed by atoms with Gasteiger partial charge in [0.1, 0.15) is 0 Å². The largest absolute Gasteiger partial charge is 0.362 e. The summed E-state index contributed by atoms with van der Waals surface area (Å²) in [5.74, 6) is 0.832. The summed E-state index contributed by atoms with van der Waals surface area (Å²) in [5, 5.41) is 3.01. The molecule has 14 heavy (non-hydrogen) atoms. The van der Waals surface area contributed by atoms with Crippen LogP contribution in [0.1, 0.15) is 13.3 Å². The van der Waals surface area contributed by atoms with Gasteiger partial charge in [0.25, 0.3) is 5.56 Å². The van der Waals surface area contributed by atoms with Crippen LogP contribution in [-0.2, 0) is 7.05 Å². The number of aromatic nitrogens is 2. The molecule has 1 N–H and O–H groups in total. The molecule has 1 atom stereocenters. The number of rotatable bonds is 4. The first-order valence-corrected chi connectivity index (χ1v) is 5.06. The van der Waals surface area contributed by atoms with Gasteiger partial charge in [-0.05, 0) is 6.42 Å². The Hall–Kier alpha value is -1.03. The highest BCUT2D eigenvalue weighted by atomic mass is 35.5. The van der Waals surface area contributed by atoms with Crippen LogP contribution in [0.2, 0.25) is 0 Å². The van der Waals surface area contributed by atoms with E-state index in [2.05, 4.69) is 10.3 Å². The lowest BCUT2D eigenvalue weighted by molar-refractivity contribution is 0.752. The molecular weight excluding hydrogens is 202 g/mol. The molecule has 1 unspecified atom stereocenters. The zero-order chi connectivity index (χ0) is 10.6. The van der Waals surface area contributed by atoms with Crippen molar-refractivity contribution in [3.8, 4) is 0 Å². The van der Waals surface area contributed by atoms with Crippen molar-refractivity contribution in [1.82, 2.24) is 9.55 Å². The predicted molar refractivity (Wildman–Crippen MR) is 57.9 cm³/mol. The Labute approximate surface area is 87.9 Å². The van der Waals surface area contributed by atoms with Gasteiger partial charge in [-0.1, -0.05) is 6.92 Å². The third-order valence-corrected chi connectivity index (χ3v) is 2.41. The van der Waals surface area contributed by atoms with Crippen LogP contribution in [0.15, 0.2) is 17.2 Å². The Bertz CT molecular complexity index is 346. The van der Waals surface area contributed by atoms with E-state index in [4.69, 9.17) is 11.6 Å². The van der Waals surface area contributed by atoms with Crippen molar-refractivity contribution in [2.24, 2.45) is 7.05 Å². The molecule has 0 amide bonds. The summed E-state index contributed by atoms with van der Waals surface area (Å²) in [6.45, 7) is 2.01. The minimum Gasteiger partial charge on any atom is -0.362 e. The average Bonchev–Trinajstić information content (AvgIpc) is 2.20. The van der Waals surface area contributed by atoms with E-state index in [1.807, 2.05) is 6.92 Å². The number of alkyl halides is 1. The molecule has 0 fully saturated rings. The molecule has 0 aromatic carbocycles. The molecule has 1 aromatic rings. The topological polar surface area (TPSA) is 46.9 Å². The van der Waals surface area contributed by atoms with Gasteiger partial charge >= 0.3 is 0 Å². The summed E-state index contributed by atoms with van der Waals surface area (Å²) in [7, 11) is 1.69. The highest BCUT2D eigenvalue weighted by molar-refractivity contribution is 6.18. The number of halogens is 1. The van der Waals surface area contributed by atoms with Gasteiger partial charge in [-0.15, -0.1) is 11.6 Å². The molecular formula is C9H14ClN3O. The molecule has 0 radical (unpaired) electrons. The minimum absolute atomic E-state index is 0.0965. The van der Waals surface area contributed by atoms with Crippen molar-refractivity contribution in [3.63, 3.8) is 0 Å². The number of hydrogen-bond acceptors (Lipinski definition) is 3. The van der Waals surface area contributed by atoms with Crippen LogP contribution in [-0.4, -0.2) is 21.5 Å². The fourth-order valence-electron chi connectivity index (χ4n) is 1.04. The molecule has 5 heteroatoms. The molecule has 0 aliphatic rings. The molecule has 1 aromatic heterocycles. The van der Waals surface area contributed by atoms with E-state index < -0.39 is 0 Å². The molecule has 0 bridgehead atoms. The van der Waals surface area contributed by atoms with Gasteiger partial charge in [0.2, 0.25) is 0 Å². The van der Waals surface area contributed by atoms with Gasteiger partial charge in [-0.25, -0.2) is 4.98 Å². The van der Waals surface area contributed by atoms with Gasteiger partial charge in [-0.2, -0.15) is 0 Å². The third-order valence-electron chi connectivity index (χ3n) is 2.04. The van der Waals surface area contributed by atoms with E-state index in [1.165, 1.54) is 4.57 Å². The second kappa shape index (κ2) is 5.00. The highest BCUT2D eigenvalue weighted by Crippen LogP contribution is 2.01. The van der Waals surface area contributed by atoms with E-state index in [0.717, 1.165) is 6.42 Å². The van der Waals surface area contributed by atoms with Crippen LogP contribution in [0.4, 0.5) is 5.82 Å². The summed E-state index contributed by atoms with van der Waals surface area (Å²) in [6.07, 6.45) is 4.07. The van der Waals surface area contributed by atoms with Gasteiger partial charge in [0.15, 0.2) is 5.82 Å². The lowest BCUT2D eigenvalue weighted by Crippen LogP contribution is -2.28. The standard InChI is InChI=1S/C9H14ClN3O/c1-3-7(6-10)12-8-9(14)13(2)5-4-11-8/h4-5,7H,3,6H2,1-2H3,(H,11,12). The first kappa shape index (κ1) is 11.0. The van der Waals surface area contributed by atoms with E-state index >= 15 is 0 Å². The summed E-state index contributed by atoms with van der Waals surface area (Å²) >= 11 is 5.71. The quantitative estimate of drug-likeness (QED) is 0.769. The Morgan fingerprint density at radius 1 is 1.71 bits per heavy atom. The minimum atomic E-state index is -0.129. The van der Waals surface area contributed by atoms with Gasteiger partial charge in [0.05, 0.1) is 0 Å². The predicted octanol–water partition coefficient (Wildman–Crippen LogP) is 1.21. The highest BCUT2D eigenvalue weighted by Gasteiger charge is 2.08. The number of hydrogen-bond donors (Lipinski definition) is 1. The lowest BCUT2D eigenvalue weighted by atomic mass is 10.2. The van der Waals surface area contributed by atoms with Crippen molar-refractivity contribution >= 4 is 17.4 Å². The first-order chi connectivity index (χ1) is 6.69. The number of aryl methyl sites for hydroxylation is 1. The van der Waals surface area contributed by atoms with Crippen molar-refractivity contribution in [3.05, 3.63) is 22.7 Å². The molecule has 0 saturated heterocycles. The van der Waals surface area contributed by atoms with E-state index in [-0.39, 0.29) is 11.6 Å². The summed E-state index contributed by atoms with van der Waals surface area (Å²) in [5.41, 5.74) is -0.129. The molecule has 78 valence electrons. The average molecular weight is 216 g/mol. The molecule has 0 aliphatic carbocycles. The number of nitrogens with zero attached hydrogens (tertiary/aromatic N) is 2. The van der Waals surface area contributed by atoms with E-state index in [1.54, 1.807) is 19.4 Å². The summed E-state index contributed by atoms with van der Waals surface area (Å²) in [6, 6.07) is 0.0965. The Kier molecular flexibility index (Phi) is 3.95. The molecule has 1 rings (SSSR count). The maximum absolute atomic E-state index is 11.5. The van der Waals surface area contributed by atoms with E-state index in [0.29, 0.717) is 11.7 Å². The van der Waals surface area contributed by atoms with Crippen molar-refractivity contribution in [2.75, 3.05) is 11.2 Å². The fraction of sp³-hybridized carbons (Fsp3) is 0.556. The van der Waals surface area contributed by atoms with Crippen LogP contribution >= 0.6 is 11.6 Å². The van der Waals surface area contributed by atoms with E-state index in [9.17, 15) is 4.79 Å². The summed E-state index contributed by atoms with van der Waals surface area (Å²) in [4.78, 5) is 15.5. The molecule has 1 heterocycles. The zero-order valence-electron chi connectivity index (χ0n) is 8.33. The Morgan fingerprint density at radius 3 is 3.00 bits per heavy atom. The van der Waals surface area contributed by atoms with Crippen molar-refractivity contribution < 1.29 is 0 Å². The lowest BCUT2D eigenvalue weighted by Gasteiger charge is -2.13. The Balaban J connectivity index is 2.86. The number of anilines is 1. The maximum atomic E-state index is 11.5. The van der Waals surface area contributed by atoms with Crippen LogP contribution in [0.25, 0.3) is 0 Å². The zero-order valence-corrected chi connectivity index (χ0v) is 9.08.